The summed E-state index contributed by atoms with van der Waals surface area (Å²) in [6.07, 6.45) is 4.40. The Labute approximate surface area is 127 Å². The van der Waals surface area contributed by atoms with Crippen LogP contribution in [0.5, 0.6) is 0 Å². The molecule has 0 aromatic heterocycles. The van der Waals surface area contributed by atoms with Crippen molar-refractivity contribution >= 4 is 11.6 Å². The summed E-state index contributed by atoms with van der Waals surface area (Å²) >= 11 is 0. The lowest BCUT2D eigenvalue weighted by Crippen LogP contribution is -2.49. The molecule has 1 aliphatic rings. The Morgan fingerprint density at radius 1 is 1.24 bits per heavy atom. The molecule has 4 nitrogen and oxygen atoms in total. The van der Waals surface area contributed by atoms with Crippen LogP contribution in [0.1, 0.15) is 32.6 Å². The average molecular weight is 289 g/mol. The number of hydrogen-bond acceptors (Lipinski definition) is 3. The Hall–Kier alpha value is -1.55. The molecule has 0 bridgehead atoms. The largest absolute Gasteiger partial charge is 0.360 e. The van der Waals surface area contributed by atoms with E-state index >= 15 is 0 Å². The average Bonchev–Trinajstić information content (AvgIpc) is 2.56. The number of nitrogens with two attached hydrogens (primary N) is 1. The van der Waals surface area contributed by atoms with Gasteiger partial charge in [-0.3, -0.25) is 4.79 Å². The van der Waals surface area contributed by atoms with Gasteiger partial charge in [0.1, 0.15) is 6.04 Å². The number of benzene rings is 1. The van der Waals surface area contributed by atoms with Gasteiger partial charge in [0.25, 0.3) is 0 Å². The molecule has 1 atom stereocenters. The van der Waals surface area contributed by atoms with Gasteiger partial charge in [-0.15, -0.1) is 0 Å². The molecule has 1 saturated heterocycles. The van der Waals surface area contributed by atoms with E-state index in [0.717, 1.165) is 44.6 Å². The van der Waals surface area contributed by atoms with Gasteiger partial charge in [-0.1, -0.05) is 18.2 Å². The van der Waals surface area contributed by atoms with Gasteiger partial charge in [-0.05, 0) is 51.3 Å². The molecule has 116 valence electrons. The molecular weight excluding hydrogens is 262 g/mol. The first-order chi connectivity index (χ1) is 10.2. The summed E-state index contributed by atoms with van der Waals surface area (Å²) in [4.78, 5) is 16.9. The number of nitrogens with zero attached hydrogens (tertiary/aromatic N) is 2. The Kier molecular flexibility index (Phi) is 6.05. The summed E-state index contributed by atoms with van der Waals surface area (Å²) < 4.78 is 0. The number of likely N-dealkylation sites (tertiary alicyclic amines) is 1. The van der Waals surface area contributed by atoms with E-state index in [1.807, 2.05) is 30.0 Å². The van der Waals surface area contributed by atoms with Crippen molar-refractivity contribution in [2.45, 2.75) is 38.6 Å². The summed E-state index contributed by atoms with van der Waals surface area (Å²) in [6, 6.07) is 10.0. The van der Waals surface area contributed by atoms with Crippen LogP contribution in [0.25, 0.3) is 0 Å². The van der Waals surface area contributed by atoms with E-state index in [1.165, 1.54) is 6.42 Å². The van der Waals surface area contributed by atoms with Crippen LogP contribution in [0.2, 0.25) is 0 Å². The number of anilines is 1. The van der Waals surface area contributed by atoms with Gasteiger partial charge in [0.05, 0.1) is 0 Å². The van der Waals surface area contributed by atoms with E-state index in [0.29, 0.717) is 6.54 Å². The standard InChI is InChI=1S/C17H27N3O/c1-15(17(21)19-12-6-3-7-13-19)20(14-8-11-18)16-9-4-2-5-10-16/h2,4-5,9-10,15H,3,6-8,11-14,18H2,1H3. The number of carbonyl (C=O) groups is 1. The van der Waals surface area contributed by atoms with Gasteiger partial charge in [0.15, 0.2) is 0 Å². The fraction of sp³-hybridized carbons (Fsp3) is 0.588. The van der Waals surface area contributed by atoms with Crippen molar-refractivity contribution in [2.75, 3.05) is 31.1 Å². The molecule has 0 aliphatic carbocycles. The second kappa shape index (κ2) is 8.03. The Morgan fingerprint density at radius 2 is 1.90 bits per heavy atom. The highest BCUT2D eigenvalue weighted by Crippen LogP contribution is 2.19. The van der Waals surface area contributed by atoms with E-state index in [9.17, 15) is 4.79 Å². The molecule has 4 heteroatoms. The smallest absolute Gasteiger partial charge is 0.244 e. The van der Waals surface area contributed by atoms with Crippen molar-refractivity contribution in [1.29, 1.82) is 0 Å². The first-order valence-electron chi connectivity index (χ1n) is 8.04. The van der Waals surface area contributed by atoms with Crippen molar-refractivity contribution in [3.05, 3.63) is 30.3 Å². The molecule has 0 saturated carbocycles. The second-order valence-electron chi connectivity index (χ2n) is 5.73. The minimum Gasteiger partial charge on any atom is -0.360 e. The summed E-state index contributed by atoms with van der Waals surface area (Å²) in [7, 11) is 0. The van der Waals surface area contributed by atoms with Gasteiger partial charge in [0.2, 0.25) is 5.91 Å². The number of carbonyl (C=O) groups excluding carboxylic acids is 1. The number of piperidine rings is 1. The molecular formula is C17H27N3O. The van der Waals surface area contributed by atoms with E-state index in [2.05, 4.69) is 17.0 Å². The highest BCUT2D eigenvalue weighted by atomic mass is 16.2. The molecule has 1 amide bonds. The maximum atomic E-state index is 12.7. The van der Waals surface area contributed by atoms with Crippen molar-refractivity contribution < 1.29 is 4.79 Å². The monoisotopic (exact) mass is 289 g/mol. The van der Waals surface area contributed by atoms with Crippen molar-refractivity contribution in [1.82, 2.24) is 4.90 Å². The fourth-order valence-electron chi connectivity index (χ4n) is 2.94. The Morgan fingerprint density at radius 3 is 2.52 bits per heavy atom. The zero-order chi connectivity index (χ0) is 15.1. The molecule has 1 aromatic carbocycles. The summed E-state index contributed by atoms with van der Waals surface area (Å²) in [5.74, 6) is 0.246. The van der Waals surface area contributed by atoms with Gasteiger partial charge in [-0.25, -0.2) is 0 Å². The molecule has 1 aromatic rings. The van der Waals surface area contributed by atoms with Gasteiger partial charge in [-0.2, -0.15) is 0 Å². The van der Waals surface area contributed by atoms with Gasteiger partial charge >= 0.3 is 0 Å². The van der Waals surface area contributed by atoms with Crippen molar-refractivity contribution in [3.8, 4) is 0 Å². The van der Waals surface area contributed by atoms with Crippen molar-refractivity contribution in [2.24, 2.45) is 5.73 Å². The zero-order valence-electron chi connectivity index (χ0n) is 13.0. The summed E-state index contributed by atoms with van der Waals surface area (Å²) in [6.45, 7) is 5.29. The number of amides is 1. The van der Waals surface area contributed by atoms with Crippen LogP contribution >= 0.6 is 0 Å². The predicted molar refractivity (Wildman–Crippen MR) is 87.4 cm³/mol. The van der Waals surface area contributed by atoms with Gasteiger partial charge < -0.3 is 15.5 Å². The van der Waals surface area contributed by atoms with Crippen molar-refractivity contribution in [3.63, 3.8) is 0 Å². The first kappa shape index (κ1) is 15.8. The molecule has 1 aliphatic heterocycles. The molecule has 1 fully saturated rings. The lowest BCUT2D eigenvalue weighted by atomic mass is 10.1. The lowest BCUT2D eigenvalue weighted by Gasteiger charge is -2.35. The first-order valence-corrected chi connectivity index (χ1v) is 8.04. The highest BCUT2D eigenvalue weighted by molar-refractivity contribution is 5.85. The predicted octanol–water partition coefficient (Wildman–Crippen LogP) is 2.24. The highest BCUT2D eigenvalue weighted by Gasteiger charge is 2.26. The topological polar surface area (TPSA) is 49.6 Å². The molecule has 2 rings (SSSR count). The van der Waals surface area contributed by atoms with E-state index in [1.54, 1.807) is 0 Å². The van der Waals surface area contributed by atoms with Crippen LogP contribution in [-0.4, -0.2) is 43.0 Å². The third-order valence-electron chi connectivity index (χ3n) is 4.18. The molecule has 21 heavy (non-hydrogen) atoms. The summed E-state index contributed by atoms with van der Waals surface area (Å²) in [5.41, 5.74) is 6.75. The van der Waals surface area contributed by atoms with Gasteiger partial charge in [0, 0.05) is 25.3 Å². The maximum absolute atomic E-state index is 12.7. The van der Waals surface area contributed by atoms with E-state index in [-0.39, 0.29) is 11.9 Å². The fourth-order valence-corrected chi connectivity index (χ4v) is 2.94. The normalized spacial score (nSPS) is 16.6. The third-order valence-corrected chi connectivity index (χ3v) is 4.18. The molecule has 2 N–H and O–H groups in total. The Bertz CT molecular complexity index is 429. The SMILES string of the molecule is CC(C(=O)N1CCCCC1)N(CCCN)c1ccccc1. The Balaban J connectivity index is 2.09. The molecule has 0 radical (unpaired) electrons. The number of hydrogen-bond donors (Lipinski definition) is 1. The minimum absolute atomic E-state index is 0.128. The maximum Gasteiger partial charge on any atom is 0.244 e. The van der Waals surface area contributed by atoms with Crippen LogP contribution in [-0.2, 0) is 4.79 Å². The lowest BCUT2D eigenvalue weighted by molar-refractivity contribution is -0.133. The van der Waals surface area contributed by atoms with Crippen LogP contribution in [0.15, 0.2) is 30.3 Å². The van der Waals surface area contributed by atoms with E-state index in [4.69, 9.17) is 5.73 Å². The van der Waals surface area contributed by atoms with E-state index < -0.39 is 0 Å². The molecule has 1 heterocycles. The van der Waals surface area contributed by atoms with Crippen LogP contribution in [0, 0.1) is 0 Å². The quantitative estimate of drug-likeness (QED) is 0.874. The van der Waals surface area contributed by atoms with Crippen LogP contribution in [0.3, 0.4) is 0 Å². The van der Waals surface area contributed by atoms with Crippen LogP contribution in [0.4, 0.5) is 5.69 Å². The minimum atomic E-state index is -0.128. The third kappa shape index (κ3) is 4.21. The molecule has 1 unspecified atom stereocenters. The summed E-state index contributed by atoms with van der Waals surface area (Å²) in [5, 5.41) is 0. The number of para-hydroxylation sites is 1. The zero-order valence-corrected chi connectivity index (χ0v) is 13.0. The second-order valence-corrected chi connectivity index (χ2v) is 5.73. The number of rotatable bonds is 6. The molecule has 0 spiro atoms. The van der Waals surface area contributed by atoms with Crippen LogP contribution < -0.4 is 10.6 Å².